The van der Waals surface area contributed by atoms with Crippen LogP contribution < -0.4 is 15.3 Å². The molecule has 1 aromatic heterocycles. The molecule has 4 nitrogen and oxygen atoms in total. The first-order chi connectivity index (χ1) is 11.1. The first-order valence-electron chi connectivity index (χ1n) is 7.27. The minimum atomic E-state index is 0.0464. The molecule has 23 heavy (non-hydrogen) atoms. The van der Waals surface area contributed by atoms with Gasteiger partial charge < -0.3 is 10.5 Å². The highest BCUT2D eigenvalue weighted by Crippen LogP contribution is 2.27. The van der Waals surface area contributed by atoms with Crippen molar-refractivity contribution in [2.45, 2.75) is 13.5 Å². The Kier molecular flexibility index (Phi) is 4.21. The molecule has 0 saturated carbocycles. The fourth-order valence-electron chi connectivity index (χ4n) is 2.57. The molecule has 0 atom stereocenters. The minimum Gasteiger partial charge on any atom is -0.497 e. The number of ether oxygens (including phenoxy) is 1. The molecule has 0 amide bonds. The van der Waals surface area contributed by atoms with Crippen molar-refractivity contribution >= 4 is 17.0 Å². The van der Waals surface area contributed by atoms with E-state index in [-0.39, 0.29) is 4.87 Å². The van der Waals surface area contributed by atoms with Crippen LogP contribution in [0.15, 0.2) is 53.3 Å². The first-order valence-corrected chi connectivity index (χ1v) is 8.09. The molecule has 118 valence electrons. The molecule has 0 bridgehead atoms. The lowest BCUT2D eigenvalue weighted by Gasteiger charge is -2.10. The predicted octanol–water partition coefficient (Wildman–Crippen LogP) is 3.52. The average molecular weight is 326 g/mol. The van der Waals surface area contributed by atoms with Gasteiger partial charge in [-0.3, -0.25) is 9.36 Å². The molecule has 0 spiro atoms. The molecule has 0 saturated heterocycles. The molecule has 2 aromatic carbocycles. The third-order valence-electron chi connectivity index (χ3n) is 3.75. The third kappa shape index (κ3) is 3.14. The summed E-state index contributed by atoms with van der Waals surface area (Å²) in [6.45, 7) is 2.51. The lowest BCUT2D eigenvalue weighted by atomic mass is 10.1. The molecular formula is C18H18N2O2S. The van der Waals surface area contributed by atoms with Crippen molar-refractivity contribution in [2.24, 2.45) is 0 Å². The molecule has 0 aliphatic heterocycles. The van der Waals surface area contributed by atoms with Crippen molar-refractivity contribution in [1.82, 2.24) is 4.57 Å². The molecule has 0 radical (unpaired) electrons. The van der Waals surface area contributed by atoms with E-state index < -0.39 is 0 Å². The van der Waals surface area contributed by atoms with Crippen molar-refractivity contribution < 1.29 is 4.74 Å². The lowest BCUT2D eigenvalue weighted by Crippen LogP contribution is -2.15. The quantitative estimate of drug-likeness (QED) is 0.746. The number of nitrogens with two attached hydrogens (primary N) is 1. The summed E-state index contributed by atoms with van der Waals surface area (Å²) in [6, 6.07) is 15.4. The van der Waals surface area contributed by atoms with Gasteiger partial charge in [-0.25, -0.2) is 0 Å². The van der Waals surface area contributed by atoms with E-state index in [1.165, 1.54) is 11.3 Å². The van der Waals surface area contributed by atoms with Crippen LogP contribution >= 0.6 is 11.3 Å². The number of hydrogen-bond donors (Lipinski definition) is 1. The van der Waals surface area contributed by atoms with Crippen LogP contribution in [0.3, 0.4) is 0 Å². The normalized spacial score (nSPS) is 10.7. The Bertz CT molecular complexity index is 862. The summed E-state index contributed by atoms with van der Waals surface area (Å²) < 4.78 is 7.01. The molecule has 3 rings (SSSR count). The summed E-state index contributed by atoms with van der Waals surface area (Å²) in [5.74, 6) is 0.800. The maximum atomic E-state index is 12.4. The second kappa shape index (κ2) is 6.30. The summed E-state index contributed by atoms with van der Waals surface area (Å²) in [6.07, 6.45) is 0. The van der Waals surface area contributed by atoms with Crippen molar-refractivity contribution in [2.75, 3.05) is 12.8 Å². The van der Waals surface area contributed by atoms with Gasteiger partial charge in [0.15, 0.2) is 0 Å². The second-order valence-corrected chi connectivity index (χ2v) is 6.49. The monoisotopic (exact) mass is 326 g/mol. The van der Waals surface area contributed by atoms with Crippen LogP contribution in [0.5, 0.6) is 5.75 Å². The van der Waals surface area contributed by atoms with E-state index in [0.717, 1.165) is 33.1 Å². The van der Waals surface area contributed by atoms with E-state index in [0.29, 0.717) is 6.54 Å². The van der Waals surface area contributed by atoms with Crippen LogP contribution in [0, 0.1) is 6.92 Å². The van der Waals surface area contributed by atoms with Gasteiger partial charge in [0.2, 0.25) is 0 Å². The standard InChI is InChI=1S/C18H18N2O2S/c1-12-17(14-5-9-16(22-2)10-6-14)20(18(21)23-12)11-13-3-7-15(19)8-4-13/h3-10H,11,19H2,1-2H3. The van der Waals surface area contributed by atoms with Gasteiger partial charge in [0.05, 0.1) is 19.3 Å². The molecule has 0 aliphatic rings. The number of aromatic nitrogens is 1. The number of methoxy groups -OCH3 is 1. The van der Waals surface area contributed by atoms with Crippen molar-refractivity contribution in [3.8, 4) is 17.0 Å². The Hall–Kier alpha value is -2.53. The summed E-state index contributed by atoms with van der Waals surface area (Å²) in [5.41, 5.74) is 9.46. The summed E-state index contributed by atoms with van der Waals surface area (Å²) >= 11 is 1.27. The molecule has 0 unspecified atom stereocenters. The number of nitrogen functional groups attached to an aromatic ring is 1. The molecule has 1 heterocycles. The average Bonchev–Trinajstić information content (AvgIpc) is 2.83. The zero-order valence-corrected chi connectivity index (χ0v) is 13.9. The summed E-state index contributed by atoms with van der Waals surface area (Å²) in [4.78, 5) is 13.4. The van der Waals surface area contributed by atoms with Gasteiger partial charge in [-0.1, -0.05) is 23.5 Å². The highest BCUT2D eigenvalue weighted by atomic mass is 32.1. The number of hydrogen-bond acceptors (Lipinski definition) is 4. The fourth-order valence-corrected chi connectivity index (χ4v) is 3.43. The zero-order chi connectivity index (χ0) is 16.4. The van der Waals surface area contributed by atoms with E-state index >= 15 is 0 Å². The zero-order valence-electron chi connectivity index (χ0n) is 13.1. The Morgan fingerprint density at radius 1 is 1.09 bits per heavy atom. The van der Waals surface area contributed by atoms with E-state index in [1.54, 1.807) is 7.11 Å². The highest BCUT2D eigenvalue weighted by molar-refractivity contribution is 7.09. The molecule has 0 aliphatic carbocycles. The smallest absolute Gasteiger partial charge is 0.308 e. The van der Waals surface area contributed by atoms with Crippen molar-refractivity contribution in [3.05, 3.63) is 68.6 Å². The number of thiazole rings is 1. The summed E-state index contributed by atoms with van der Waals surface area (Å²) in [5, 5.41) is 0. The Balaban J connectivity index is 2.03. The van der Waals surface area contributed by atoms with Gasteiger partial charge in [0, 0.05) is 10.6 Å². The van der Waals surface area contributed by atoms with Gasteiger partial charge >= 0.3 is 4.87 Å². The van der Waals surface area contributed by atoms with Crippen LogP contribution in [0.4, 0.5) is 5.69 Å². The molecular weight excluding hydrogens is 308 g/mol. The van der Waals surface area contributed by atoms with E-state index in [1.807, 2.05) is 60.0 Å². The number of nitrogens with zero attached hydrogens (tertiary/aromatic N) is 1. The molecule has 2 N–H and O–H groups in total. The Morgan fingerprint density at radius 2 is 1.74 bits per heavy atom. The second-order valence-electron chi connectivity index (χ2n) is 5.33. The maximum absolute atomic E-state index is 12.4. The first kappa shape index (κ1) is 15.4. The van der Waals surface area contributed by atoms with E-state index in [9.17, 15) is 4.79 Å². The molecule has 3 aromatic rings. The number of benzene rings is 2. The molecule has 5 heteroatoms. The van der Waals surface area contributed by atoms with Crippen LogP contribution in [-0.4, -0.2) is 11.7 Å². The maximum Gasteiger partial charge on any atom is 0.308 e. The number of anilines is 1. The van der Waals surface area contributed by atoms with E-state index in [2.05, 4.69) is 0 Å². The van der Waals surface area contributed by atoms with E-state index in [4.69, 9.17) is 10.5 Å². The van der Waals surface area contributed by atoms with Gasteiger partial charge in [-0.2, -0.15) is 0 Å². The topological polar surface area (TPSA) is 57.2 Å². The number of aryl methyl sites for hydroxylation is 1. The van der Waals surface area contributed by atoms with Crippen molar-refractivity contribution in [3.63, 3.8) is 0 Å². The number of rotatable bonds is 4. The molecule has 0 fully saturated rings. The van der Waals surface area contributed by atoms with Gasteiger partial charge in [0.1, 0.15) is 5.75 Å². The minimum absolute atomic E-state index is 0.0464. The fraction of sp³-hybridized carbons (Fsp3) is 0.167. The Morgan fingerprint density at radius 3 is 2.35 bits per heavy atom. The third-order valence-corrected chi connectivity index (χ3v) is 4.64. The summed E-state index contributed by atoms with van der Waals surface area (Å²) in [7, 11) is 1.64. The highest BCUT2D eigenvalue weighted by Gasteiger charge is 2.14. The van der Waals surface area contributed by atoms with Crippen LogP contribution in [0.2, 0.25) is 0 Å². The predicted molar refractivity (Wildman–Crippen MR) is 95.3 cm³/mol. The van der Waals surface area contributed by atoms with Crippen LogP contribution in [0.25, 0.3) is 11.3 Å². The van der Waals surface area contributed by atoms with Crippen LogP contribution in [-0.2, 0) is 6.54 Å². The van der Waals surface area contributed by atoms with Gasteiger partial charge in [-0.15, -0.1) is 0 Å². The largest absolute Gasteiger partial charge is 0.497 e. The van der Waals surface area contributed by atoms with Gasteiger partial charge in [0.25, 0.3) is 0 Å². The van der Waals surface area contributed by atoms with Crippen molar-refractivity contribution in [1.29, 1.82) is 0 Å². The Labute approximate surface area is 138 Å². The lowest BCUT2D eigenvalue weighted by molar-refractivity contribution is 0.415. The van der Waals surface area contributed by atoms with Crippen LogP contribution in [0.1, 0.15) is 10.4 Å². The SMILES string of the molecule is COc1ccc(-c2c(C)sc(=O)n2Cc2ccc(N)cc2)cc1. The van der Waals surface area contributed by atoms with Gasteiger partial charge in [-0.05, 0) is 54.4 Å².